The second-order valence-electron chi connectivity index (χ2n) is 5.90. The molecule has 0 aliphatic carbocycles. The average molecular weight is 391 g/mol. The molecule has 0 fully saturated rings. The molecule has 0 unspecified atom stereocenters. The quantitative estimate of drug-likeness (QED) is 0.356. The molecule has 1 N–H and O–H groups in total. The molecule has 0 spiro atoms. The van der Waals surface area contributed by atoms with E-state index in [1.54, 1.807) is 26.0 Å². The Bertz CT molecular complexity index is 754. The molecule has 0 saturated carbocycles. The molecule has 0 aliphatic rings. The highest BCUT2D eigenvalue weighted by molar-refractivity contribution is 7.53. The second-order valence-corrected chi connectivity index (χ2v) is 8.08. The molecule has 2 rings (SSSR count). The third-order valence-corrected chi connectivity index (χ3v) is 6.09. The van der Waals surface area contributed by atoms with Crippen LogP contribution in [0.5, 0.6) is 0 Å². The highest BCUT2D eigenvalue weighted by Gasteiger charge is 2.24. The number of rotatable bonds is 10. The zero-order valence-electron chi connectivity index (χ0n) is 15.7. The van der Waals surface area contributed by atoms with Crippen molar-refractivity contribution in [1.82, 2.24) is 5.06 Å². The molecule has 0 aromatic heterocycles. The topological polar surface area (TPSA) is 76.1 Å². The predicted octanol–water partition coefficient (Wildman–Crippen LogP) is 4.84. The number of nitrogens with zero attached hydrogens (tertiary/aromatic N) is 1. The van der Waals surface area contributed by atoms with E-state index in [1.807, 2.05) is 42.5 Å². The van der Waals surface area contributed by atoms with E-state index in [2.05, 4.69) is 0 Å². The molecular weight excluding hydrogens is 365 g/mol. The summed E-state index contributed by atoms with van der Waals surface area (Å²) in [7, 11) is -3.17. The van der Waals surface area contributed by atoms with Crippen LogP contribution in [0.4, 0.5) is 0 Å². The van der Waals surface area contributed by atoms with Crippen LogP contribution >= 0.6 is 7.60 Å². The molecule has 0 heterocycles. The van der Waals surface area contributed by atoms with Crippen LogP contribution in [0.2, 0.25) is 0 Å². The maximum atomic E-state index is 12.4. The SMILES string of the molecule is CCOP(=O)(CCCN(O)C(=O)c1ccc(-c2ccccc2)cc1)OCC. The van der Waals surface area contributed by atoms with Gasteiger partial charge in [0.15, 0.2) is 0 Å². The van der Waals surface area contributed by atoms with Gasteiger partial charge in [-0.15, -0.1) is 0 Å². The van der Waals surface area contributed by atoms with Crippen molar-refractivity contribution in [2.24, 2.45) is 0 Å². The van der Waals surface area contributed by atoms with Gasteiger partial charge in [-0.1, -0.05) is 42.5 Å². The summed E-state index contributed by atoms with van der Waals surface area (Å²) in [6.07, 6.45) is 0.452. The third kappa shape index (κ3) is 6.29. The first-order valence-electron chi connectivity index (χ1n) is 9.03. The van der Waals surface area contributed by atoms with E-state index in [0.29, 0.717) is 17.0 Å². The Labute approximate surface area is 160 Å². The van der Waals surface area contributed by atoms with Gasteiger partial charge in [-0.05, 0) is 43.5 Å². The van der Waals surface area contributed by atoms with Crippen LogP contribution in [-0.4, -0.2) is 42.1 Å². The first-order chi connectivity index (χ1) is 13.0. The van der Waals surface area contributed by atoms with Crippen molar-refractivity contribution in [2.75, 3.05) is 25.9 Å². The summed E-state index contributed by atoms with van der Waals surface area (Å²) in [6.45, 7) is 4.10. The van der Waals surface area contributed by atoms with Gasteiger partial charge in [0.2, 0.25) is 0 Å². The maximum absolute atomic E-state index is 12.4. The summed E-state index contributed by atoms with van der Waals surface area (Å²) < 4.78 is 22.8. The molecule has 2 aromatic rings. The van der Waals surface area contributed by atoms with E-state index in [-0.39, 0.29) is 25.9 Å². The number of carbonyl (C=O) groups is 1. The van der Waals surface area contributed by atoms with Gasteiger partial charge >= 0.3 is 7.60 Å². The predicted molar refractivity (Wildman–Crippen MR) is 105 cm³/mol. The Hall–Kier alpha value is -1.98. The standard InChI is InChI=1S/C20H26NO5P/c1-3-25-27(24,26-4-2)16-8-15-21(23)20(22)19-13-11-18(12-14-19)17-9-6-5-7-10-17/h5-7,9-14,23H,3-4,8,15-16H2,1-2H3. The van der Waals surface area contributed by atoms with Crippen LogP contribution in [0.15, 0.2) is 54.6 Å². The average Bonchev–Trinajstić information content (AvgIpc) is 2.68. The van der Waals surface area contributed by atoms with E-state index in [1.165, 1.54) is 0 Å². The van der Waals surface area contributed by atoms with Crippen molar-refractivity contribution in [3.63, 3.8) is 0 Å². The fourth-order valence-electron chi connectivity index (χ4n) is 2.66. The maximum Gasteiger partial charge on any atom is 0.330 e. The normalized spacial score (nSPS) is 11.4. The minimum atomic E-state index is -3.17. The van der Waals surface area contributed by atoms with E-state index in [0.717, 1.165) is 11.1 Å². The summed E-state index contributed by atoms with van der Waals surface area (Å²) in [5.41, 5.74) is 2.43. The Morgan fingerprint density at radius 3 is 2.07 bits per heavy atom. The number of hydroxylamine groups is 2. The Balaban J connectivity index is 1.92. The van der Waals surface area contributed by atoms with Crippen LogP contribution < -0.4 is 0 Å². The molecule has 0 aliphatic heterocycles. The first-order valence-corrected chi connectivity index (χ1v) is 10.8. The summed E-state index contributed by atoms with van der Waals surface area (Å²) >= 11 is 0. The summed E-state index contributed by atoms with van der Waals surface area (Å²) in [4.78, 5) is 12.3. The Morgan fingerprint density at radius 1 is 0.963 bits per heavy atom. The molecule has 7 heteroatoms. The lowest BCUT2D eigenvalue weighted by atomic mass is 10.0. The molecule has 6 nitrogen and oxygen atoms in total. The van der Waals surface area contributed by atoms with Gasteiger partial charge in [0.05, 0.1) is 19.4 Å². The third-order valence-electron chi connectivity index (χ3n) is 3.93. The van der Waals surface area contributed by atoms with Crippen LogP contribution in [-0.2, 0) is 13.6 Å². The smallest absolute Gasteiger partial charge is 0.309 e. The Kier molecular flexibility index (Phi) is 8.20. The molecular formula is C20H26NO5P. The lowest BCUT2D eigenvalue weighted by Gasteiger charge is -2.19. The van der Waals surface area contributed by atoms with Crippen LogP contribution in [0.1, 0.15) is 30.6 Å². The minimum Gasteiger partial charge on any atom is -0.309 e. The highest BCUT2D eigenvalue weighted by Crippen LogP contribution is 2.48. The fraction of sp³-hybridized carbons (Fsp3) is 0.350. The molecule has 0 atom stereocenters. The number of carbonyl (C=O) groups excluding carboxylic acids is 1. The van der Waals surface area contributed by atoms with Crippen molar-refractivity contribution < 1.29 is 23.6 Å². The summed E-state index contributed by atoms with van der Waals surface area (Å²) in [5.74, 6) is -0.503. The van der Waals surface area contributed by atoms with E-state index >= 15 is 0 Å². The van der Waals surface area contributed by atoms with Gasteiger partial charge in [-0.2, -0.15) is 0 Å². The highest BCUT2D eigenvalue weighted by atomic mass is 31.2. The van der Waals surface area contributed by atoms with Gasteiger partial charge in [0.1, 0.15) is 0 Å². The zero-order chi connectivity index (χ0) is 19.7. The number of hydrogen-bond donors (Lipinski definition) is 1. The van der Waals surface area contributed by atoms with Crippen molar-refractivity contribution in [2.45, 2.75) is 20.3 Å². The van der Waals surface area contributed by atoms with Crippen molar-refractivity contribution in [3.8, 4) is 11.1 Å². The second kappa shape index (κ2) is 10.4. The molecule has 0 radical (unpaired) electrons. The largest absolute Gasteiger partial charge is 0.330 e. The number of amides is 1. The van der Waals surface area contributed by atoms with E-state index in [4.69, 9.17) is 9.05 Å². The zero-order valence-corrected chi connectivity index (χ0v) is 16.6. The first kappa shape index (κ1) is 21.3. The van der Waals surface area contributed by atoms with Crippen molar-refractivity contribution in [1.29, 1.82) is 0 Å². The van der Waals surface area contributed by atoms with Gasteiger partial charge in [-0.3, -0.25) is 14.6 Å². The summed E-state index contributed by atoms with van der Waals surface area (Å²) in [6, 6.07) is 16.9. The summed E-state index contributed by atoms with van der Waals surface area (Å²) in [5, 5.41) is 10.7. The van der Waals surface area contributed by atoms with Crippen LogP contribution in [0.25, 0.3) is 11.1 Å². The molecule has 1 amide bonds. The van der Waals surface area contributed by atoms with Gasteiger partial charge < -0.3 is 9.05 Å². The van der Waals surface area contributed by atoms with Crippen LogP contribution in [0.3, 0.4) is 0 Å². The minimum absolute atomic E-state index is 0.0450. The lowest BCUT2D eigenvalue weighted by molar-refractivity contribution is -0.0578. The number of hydrogen-bond acceptors (Lipinski definition) is 5. The van der Waals surface area contributed by atoms with Crippen molar-refractivity contribution >= 4 is 13.5 Å². The Morgan fingerprint density at radius 2 is 1.52 bits per heavy atom. The van der Waals surface area contributed by atoms with Gasteiger partial charge in [-0.25, -0.2) is 5.06 Å². The van der Waals surface area contributed by atoms with Gasteiger partial charge in [0, 0.05) is 12.1 Å². The van der Waals surface area contributed by atoms with E-state index in [9.17, 15) is 14.6 Å². The van der Waals surface area contributed by atoms with Crippen LogP contribution in [0, 0.1) is 0 Å². The molecule has 146 valence electrons. The monoisotopic (exact) mass is 391 g/mol. The van der Waals surface area contributed by atoms with Crippen molar-refractivity contribution in [3.05, 3.63) is 60.2 Å². The molecule has 0 bridgehead atoms. The van der Waals surface area contributed by atoms with E-state index < -0.39 is 13.5 Å². The van der Waals surface area contributed by atoms with Gasteiger partial charge in [0.25, 0.3) is 5.91 Å². The lowest BCUT2D eigenvalue weighted by Crippen LogP contribution is -2.29. The molecule has 27 heavy (non-hydrogen) atoms. The molecule has 2 aromatic carbocycles. The molecule has 0 saturated heterocycles. The fourth-order valence-corrected chi connectivity index (χ4v) is 4.31. The number of benzene rings is 2.